The van der Waals surface area contributed by atoms with Crippen molar-refractivity contribution in [3.63, 3.8) is 0 Å². The van der Waals surface area contributed by atoms with Gasteiger partial charge in [0.1, 0.15) is 0 Å². The Kier molecular flexibility index (Phi) is 10.1. The van der Waals surface area contributed by atoms with E-state index < -0.39 is 18.0 Å². The van der Waals surface area contributed by atoms with Crippen molar-refractivity contribution < 1.29 is 29.3 Å². The molecule has 0 aliphatic heterocycles. The van der Waals surface area contributed by atoms with Crippen LogP contribution in [0.3, 0.4) is 0 Å². The van der Waals surface area contributed by atoms with E-state index in [0.29, 0.717) is 18.1 Å². The monoisotopic (exact) mass is 352 g/mol. The minimum absolute atomic E-state index is 0.260. The van der Waals surface area contributed by atoms with Crippen molar-refractivity contribution in [3.8, 4) is 11.5 Å². The van der Waals surface area contributed by atoms with E-state index in [2.05, 4.69) is 0 Å². The number of carboxylic acids is 2. The minimum atomic E-state index is -1.02. The zero-order valence-corrected chi connectivity index (χ0v) is 14.8. The Morgan fingerprint density at radius 1 is 0.920 bits per heavy atom. The second-order valence-corrected chi connectivity index (χ2v) is 6.01. The second kappa shape index (κ2) is 12.2. The predicted octanol–water partition coefficient (Wildman–Crippen LogP) is 4.12. The van der Waals surface area contributed by atoms with E-state index in [1.807, 2.05) is 6.07 Å². The second-order valence-electron chi connectivity index (χ2n) is 6.01. The van der Waals surface area contributed by atoms with Crippen LogP contribution in [0.1, 0.15) is 58.3 Å². The SMILES string of the molecule is CC(Oc1ccccc1OCCCCCCCCCC(=O)O)C(=O)O. The summed E-state index contributed by atoms with van der Waals surface area (Å²) in [6.45, 7) is 2.04. The van der Waals surface area contributed by atoms with Crippen molar-refractivity contribution in [3.05, 3.63) is 24.3 Å². The topological polar surface area (TPSA) is 93.1 Å². The van der Waals surface area contributed by atoms with Crippen molar-refractivity contribution >= 4 is 11.9 Å². The first-order chi connectivity index (χ1) is 12.0. The van der Waals surface area contributed by atoms with Crippen molar-refractivity contribution in [1.29, 1.82) is 0 Å². The van der Waals surface area contributed by atoms with Gasteiger partial charge in [0.25, 0.3) is 0 Å². The first kappa shape index (κ1) is 20.8. The minimum Gasteiger partial charge on any atom is -0.490 e. The van der Waals surface area contributed by atoms with Crippen LogP contribution in [0.25, 0.3) is 0 Å². The maximum absolute atomic E-state index is 10.9. The smallest absolute Gasteiger partial charge is 0.344 e. The molecule has 6 heteroatoms. The molecule has 0 fully saturated rings. The first-order valence-corrected chi connectivity index (χ1v) is 8.84. The third-order valence-electron chi connectivity index (χ3n) is 3.79. The Balaban J connectivity index is 2.16. The highest BCUT2D eigenvalue weighted by Crippen LogP contribution is 2.27. The van der Waals surface area contributed by atoms with Crippen LogP contribution in [0.15, 0.2) is 24.3 Å². The van der Waals surface area contributed by atoms with Gasteiger partial charge < -0.3 is 19.7 Å². The van der Waals surface area contributed by atoms with Gasteiger partial charge in [0.2, 0.25) is 0 Å². The van der Waals surface area contributed by atoms with E-state index in [9.17, 15) is 9.59 Å². The van der Waals surface area contributed by atoms with Crippen LogP contribution < -0.4 is 9.47 Å². The molecule has 0 saturated carbocycles. The summed E-state index contributed by atoms with van der Waals surface area (Å²) in [4.78, 5) is 21.3. The summed E-state index contributed by atoms with van der Waals surface area (Å²) in [5, 5.41) is 17.5. The number of rotatable bonds is 14. The molecule has 0 spiro atoms. The highest BCUT2D eigenvalue weighted by molar-refractivity contribution is 5.72. The van der Waals surface area contributed by atoms with Gasteiger partial charge in [-0.3, -0.25) is 4.79 Å². The molecule has 0 bridgehead atoms. The number of para-hydroxylation sites is 2. The fourth-order valence-corrected chi connectivity index (χ4v) is 2.35. The highest BCUT2D eigenvalue weighted by Gasteiger charge is 2.15. The molecule has 0 radical (unpaired) electrons. The molecule has 140 valence electrons. The summed E-state index contributed by atoms with van der Waals surface area (Å²) in [6, 6.07) is 7.07. The van der Waals surface area contributed by atoms with Crippen LogP contribution in [0.2, 0.25) is 0 Å². The van der Waals surface area contributed by atoms with Gasteiger partial charge in [-0.15, -0.1) is 0 Å². The van der Waals surface area contributed by atoms with E-state index in [-0.39, 0.29) is 6.42 Å². The summed E-state index contributed by atoms with van der Waals surface area (Å²) >= 11 is 0. The molecule has 0 heterocycles. The van der Waals surface area contributed by atoms with Crippen LogP contribution in [0.5, 0.6) is 11.5 Å². The standard InChI is InChI=1S/C19H28O6/c1-15(19(22)23)25-17-12-9-8-11-16(17)24-14-10-6-4-2-3-5-7-13-18(20)21/h8-9,11-12,15H,2-7,10,13-14H2,1H3,(H,20,21)(H,22,23). The van der Waals surface area contributed by atoms with Gasteiger partial charge in [-0.05, 0) is 31.9 Å². The van der Waals surface area contributed by atoms with Crippen LogP contribution in [0, 0.1) is 0 Å². The normalized spacial score (nSPS) is 11.7. The molecule has 25 heavy (non-hydrogen) atoms. The van der Waals surface area contributed by atoms with Crippen molar-refractivity contribution in [2.75, 3.05) is 6.61 Å². The molecule has 6 nitrogen and oxygen atoms in total. The van der Waals surface area contributed by atoms with Crippen molar-refractivity contribution in [1.82, 2.24) is 0 Å². The first-order valence-electron chi connectivity index (χ1n) is 8.84. The number of carbonyl (C=O) groups is 2. The lowest BCUT2D eigenvalue weighted by atomic mass is 10.1. The maximum atomic E-state index is 10.9. The van der Waals surface area contributed by atoms with E-state index in [1.165, 1.54) is 6.92 Å². The fraction of sp³-hybridized carbons (Fsp3) is 0.579. The number of unbranched alkanes of at least 4 members (excludes halogenated alkanes) is 6. The number of hydrogen-bond donors (Lipinski definition) is 2. The molecule has 0 aromatic heterocycles. The molecule has 2 N–H and O–H groups in total. The van der Waals surface area contributed by atoms with E-state index >= 15 is 0 Å². The molecule has 1 rings (SSSR count). The van der Waals surface area contributed by atoms with E-state index in [1.54, 1.807) is 18.2 Å². The molecule has 0 amide bonds. The third-order valence-corrected chi connectivity index (χ3v) is 3.79. The Labute approximate surface area is 148 Å². The average molecular weight is 352 g/mol. The zero-order valence-electron chi connectivity index (χ0n) is 14.8. The number of benzene rings is 1. The molecular formula is C19H28O6. The molecule has 1 unspecified atom stereocenters. The highest BCUT2D eigenvalue weighted by atomic mass is 16.5. The van der Waals surface area contributed by atoms with Crippen LogP contribution >= 0.6 is 0 Å². The van der Waals surface area contributed by atoms with E-state index in [4.69, 9.17) is 19.7 Å². The Bertz CT molecular complexity index is 528. The van der Waals surface area contributed by atoms with Crippen molar-refractivity contribution in [2.45, 2.75) is 64.4 Å². The maximum Gasteiger partial charge on any atom is 0.344 e. The van der Waals surface area contributed by atoms with Gasteiger partial charge in [0, 0.05) is 6.42 Å². The van der Waals surface area contributed by atoms with E-state index in [0.717, 1.165) is 44.9 Å². The molecule has 1 aromatic rings. The van der Waals surface area contributed by atoms with Gasteiger partial charge in [0.15, 0.2) is 17.6 Å². The lowest BCUT2D eigenvalue weighted by molar-refractivity contribution is -0.144. The fourth-order valence-electron chi connectivity index (χ4n) is 2.35. The zero-order chi connectivity index (χ0) is 18.5. The van der Waals surface area contributed by atoms with Crippen LogP contribution in [-0.2, 0) is 9.59 Å². The molecule has 0 aliphatic rings. The number of ether oxygens (including phenoxy) is 2. The Morgan fingerprint density at radius 2 is 1.48 bits per heavy atom. The molecular weight excluding hydrogens is 324 g/mol. The van der Waals surface area contributed by atoms with Gasteiger partial charge in [-0.1, -0.05) is 44.2 Å². The summed E-state index contributed by atoms with van der Waals surface area (Å²) in [5.41, 5.74) is 0. The molecule has 0 aliphatic carbocycles. The predicted molar refractivity (Wildman–Crippen MR) is 94.2 cm³/mol. The largest absolute Gasteiger partial charge is 0.490 e. The van der Waals surface area contributed by atoms with Crippen LogP contribution in [-0.4, -0.2) is 34.9 Å². The summed E-state index contributed by atoms with van der Waals surface area (Å²) in [7, 11) is 0. The summed E-state index contributed by atoms with van der Waals surface area (Å²) in [6.07, 6.45) is 6.30. The Hall–Kier alpha value is -2.24. The number of carboxylic acid groups (broad SMARTS) is 2. The van der Waals surface area contributed by atoms with Gasteiger partial charge >= 0.3 is 11.9 Å². The Morgan fingerprint density at radius 3 is 2.08 bits per heavy atom. The van der Waals surface area contributed by atoms with Crippen LogP contribution in [0.4, 0.5) is 0 Å². The lowest BCUT2D eigenvalue weighted by Crippen LogP contribution is -2.23. The summed E-state index contributed by atoms with van der Waals surface area (Å²) < 4.78 is 11.1. The number of hydrogen-bond acceptors (Lipinski definition) is 4. The van der Waals surface area contributed by atoms with Crippen molar-refractivity contribution in [2.24, 2.45) is 0 Å². The molecule has 1 atom stereocenters. The lowest BCUT2D eigenvalue weighted by Gasteiger charge is -2.15. The molecule has 1 aromatic carbocycles. The molecule has 0 saturated heterocycles. The van der Waals surface area contributed by atoms with Gasteiger partial charge in [-0.25, -0.2) is 4.79 Å². The average Bonchev–Trinajstić information content (AvgIpc) is 2.57. The van der Waals surface area contributed by atoms with Gasteiger partial charge in [-0.2, -0.15) is 0 Å². The quantitative estimate of drug-likeness (QED) is 0.489. The third kappa shape index (κ3) is 9.59. The summed E-state index contributed by atoms with van der Waals surface area (Å²) in [5.74, 6) is -0.739. The number of aliphatic carboxylic acids is 2. The van der Waals surface area contributed by atoms with Gasteiger partial charge in [0.05, 0.1) is 6.61 Å².